The van der Waals surface area contributed by atoms with Gasteiger partial charge in [0.15, 0.2) is 5.56 Å². The molecule has 14 nitrogen and oxygen atoms in total. The van der Waals surface area contributed by atoms with Crippen molar-refractivity contribution in [1.29, 1.82) is 0 Å². The zero-order chi connectivity index (χ0) is 37.4. The summed E-state index contributed by atoms with van der Waals surface area (Å²) < 4.78 is 54.8. The highest BCUT2D eigenvalue weighted by Gasteiger charge is 2.27. The third-order valence-corrected chi connectivity index (χ3v) is 8.78. The van der Waals surface area contributed by atoms with Gasteiger partial charge in [-0.3, -0.25) is 4.79 Å². The molecule has 0 bridgehead atoms. The maximum atomic E-state index is 14.0. The molecule has 15 heteroatoms. The van der Waals surface area contributed by atoms with E-state index in [0.717, 1.165) is 23.1 Å². The standard InChI is InChI=1S/C38H36N6O8S/c1-48-30-15-5-25(6-16-30)21-44-22-33(42-43-44)28-11-13-29(14-12-28)39-35(45)34-36(51-23-26-7-17-31(49-2)18-8-26)40-38(53(4,46)47)41-37(34)52-24-27-9-19-32(50-3)20-10-27/h5-20,22H,21,23-24H2,1-4H3,(H,39,45). The van der Waals surface area contributed by atoms with Gasteiger partial charge in [0.2, 0.25) is 21.6 Å². The summed E-state index contributed by atoms with van der Waals surface area (Å²) in [4.78, 5) is 22.3. The molecule has 0 saturated carbocycles. The molecule has 0 aliphatic heterocycles. The second-order valence-electron chi connectivity index (χ2n) is 11.7. The molecular formula is C38H36N6O8S. The molecule has 2 aromatic heterocycles. The second-order valence-corrected chi connectivity index (χ2v) is 13.6. The molecule has 0 atom stereocenters. The lowest BCUT2D eigenvalue weighted by Crippen LogP contribution is -2.19. The molecule has 0 saturated heterocycles. The Morgan fingerprint density at radius 1 is 0.679 bits per heavy atom. The number of sulfone groups is 1. The zero-order valence-electron chi connectivity index (χ0n) is 29.3. The molecule has 0 unspecified atom stereocenters. The first-order valence-corrected chi connectivity index (χ1v) is 18.1. The maximum absolute atomic E-state index is 14.0. The van der Waals surface area contributed by atoms with Crippen LogP contribution in [-0.2, 0) is 29.6 Å². The number of aromatic nitrogens is 5. The third-order valence-electron chi connectivity index (χ3n) is 7.93. The topological polar surface area (TPSA) is 166 Å². The minimum Gasteiger partial charge on any atom is -0.497 e. The minimum atomic E-state index is -3.95. The molecule has 0 radical (unpaired) electrons. The van der Waals surface area contributed by atoms with E-state index in [0.29, 0.717) is 40.6 Å². The number of benzene rings is 4. The van der Waals surface area contributed by atoms with Crippen molar-refractivity contribution in [3.63, 3.8) is 0 Å². The van der Waals surface area contributed by atoms with Gasteiger partial charge in [-0.05, 0) is 65.2 Å². The molecule has 53 heavy (non-hydrogen) atoms. The lowest BCUT2D eigenvalue weighted by molar-refractivity contribution is 0.101. The highest BCUT2D eigenvalue weighted by Crippen LogP contribution is 2.30. The van der Waals surface area contributed by atoms with E-state index in [1.807, 2.05) is 30.5 Å². The number of ether oxygens (including phenoxy) is 5. The number of carbonyl (C=O) groups is 1. The Morgan fingerprint density at radius 2 is 1.15 bits per heavy atom. The first kappa shape index (κ1) is 36.3. The van der Waals surface area contributed by atoms with Gasteiger partial charge >= 0.3 is 0 Å². The van der Waals surface area contributed by atoms with Crippen LogP contribution in [0.1, 0.15) is 27.0 Å². The van der Waals surface area contributed by atoms with E-state index in [2.05, 4.69) is 25.6 Å². The second kappa shape index (κ2) is 16.2. The number of hydrogen-bond acceptors (Lipinski definition) is 12. The molecule has 1 N–H and O–H groups in total. The van der Waals surface area contributed by atoms with Crippen LogP contribution in [0.15, 0.2) is 108 Å². The van der Waals surface area contributed by atoms with Crippen LogP contribution in [0.5, 0.6) is 29.0 Å². The fraction of sp³-hybridized carbons (Fsp3) is 0.184. The van der Waals surface area contributed by atoms with Gasteiger partial charge in [-0.2, -0.15) is 9.97 Å². The minimum absolute atomic E-state index is 0.0454. The summed E-state index contributed by atoms with van der Waals surface area (Å²) in [6.45, 7) is 0.434. The Labute approximate surface area is 306 Å². The molecule has 6 rings (SSSR count). The normalized spacial score (nSPS) is 11.1. The van der Waals surface area contributed by atoms with Gasteiger partial charge in [0, 0.05) is 17.5 Å². The summed E-state index contributed by atoms with van der Waals surface area (Å²) >= 11 is 0. The van der Waals surface area contributed by atoms with Crippen molar-refractivity contribution in [1.82, 2.24) is 25.0 Å². The van der Waals surface area contributed by atoms with Crippen molar-refractivity contribution in [2.45, 2.75) is 24.9 Å². The summed E-state index contributed by atoms with van der Waals surface area (Å²) in [7, 11) is 0.786. The summed E-state index contributed by atoms with van der Waals surface area (Å²) in [5.74, 6) is 0.834. The van der Waals surface area contributed by atoms with Gasteiger partial charge in [0.05, 0.1) is 34.1 Å². The highest BCUT2D eigenvalue weighted by molar-refractivity contribution is 7.90. The number of nitrogens with one attached hydrogen (secondary N) is 1. The third kappa shape index (κ3) is 9.25. The average Bonchev–Trinajstić information content (AvgIpc) is 3.65. The molecular weight excluding hydrogens is 701 g/mol. The molecule has 0 fully saturated rings. The van der Waals surface area contributed by atoms with Crippen molar-refractivity contribution < 1.29 is 36.9 Å². The molecule has 0 spiro atoms. The lowest BCUT2D eigenvalue weighted by Gasteiger charge is -2.16. The van der Waals surface area contributed by atoms with Gasteiger partial charge in [0.25, 0.3) is 11.1 Å². The number of hydrogen-bond donors (Lipinski definition) is 1. The number of nitrogens with zero attached hydrogens (tertiary/aromatic N) is 5. The van der Waals surface area contributed by atoms with Crippen molar-refractivity contribution in [3.05, 3.63) is 126 Å². The van der Waals surface area contributed by atoms with E-state index in [4.69, 9.17) is 23.7 Å². The number of carbonyl (C=O) groups excluding carboxylic acids is 1. The van der Waals surface area contributed by atoms with Gasteiger partial charge in [0.1, 0.15) is 36.2 Å². The van der Waals surface area contributed by atoms with Crippen molar-refractivity contribution >= 4 is 21.4 Å². The van der Waals surface area contributed by atoms with Gasteiger partial charge in [-0.25, -0.2) is 13.1 Å². The predicted molar refractivity (Wildman–Crippen MR) is 195 cm³/mol. The number of amides is 1. The molecule has 272 valence electrons. The zero-order valence-corrected chi connectivity index (χ0v) is 30.2. The van der Waals surface area contributed by atoms with E-state index < -0.39 is 20.9 Å². The predicted octanol–water partition coefficient (Wildman–Crippen LogP) is 5.62. The summed E-state index contributed by atoms with van der Waals surface area (Å²) in [6, 6.07) is 28.8. The van der Waals surface area contributed by atoms with Crippen LogP contribution >= 0.6 is 0 Å². The Morgan fingerprint density at radius 3 is 1.60 bits per heavy atom. The van der Waals surface area contributed by atoms with Crippen molar-refractivity contribution in [2.75, 3.05) is 32.9 Å². The van der Waals surface area contributed by atoms with Crippen LogP contribution < -0.4 is 29.0 Å². The van der Waals surface area contributed by atoms with E-state index in [1.165, 1.54) is 0 Å². The monoisotopic (exact) mass is 736 g/mol. The summed E-state index contributed by atoms with van der Waals surface area (Å²) in [5, 5.41) is 10.8. The summed E-state index contributed by atoms with van der Waals surface area (Å²) in [5.41, 5.74) is 4.13. The van der Waals surface area contributed by atoms with Crippen LogP contribution in [-0.4, -0.2) is 66.9 Å². The Kier molecular flexibility index (Phi) is 11.1. The number of methoxy groups -OCH3 is 3. The van der Waals surface area contributed by atoms with Crippen molar-refractivity contribution in [3.8, 4) is 40.3 Å². The van der Waals surface area contributed by atoms with E-state index >= 15 is 0 Å². The average molecular weight is 737 g/mol. The molecule has 1 amide bonds. The van der Waals surface area contributed by atoms with E-state index in [-0.39, 0.29) is 30.5 Å². The van der Waals surface area contributed by atoms with Crippen LogP contribution in [0, 0.1) is 0 Å². The van der Waals surface area contributed by atoms with Gasteiger partial charge in [-0.15, -0.1) is 5.10 Å². The lowest BCUT2D eigenvalue weighted by atomic mass is 10.1. The maximum Gasteiger partial charge on any atom is 0.266 e. The molecule has 2 heterocycles. The summed E-state index contributed by atoms with van der Waals surface area (Å²) in [6.07, 6.45) is 2.79. The Hall–Kier alpha value is -6.48. The Bertz CT molecular complexity index is 2210. The van der Waals surface area contributed by atoms with Gasteiger partial charge < -0.3 is 29.0 Å². The largest absolute Gasteiger partial charge is 0.497 e. The van der Waals surface area contributed by atoms with E-state index in [1.54, 1.807) is 98.8 Å². The first-order valence-electron chi connectivity index (χ1n) is 16.2. The van der Waals surface area contributed by atoms with Crippen LogP contribution in [0.3, 0.4) is 0 Å². The number of anilines is 1. The van der Waals surface area contributed by atoms with Crippen LogP contribution in [0.25, 0.3) is 11.3 Å². The highest BCUT2D eigenvalue weighted by atomic mass is 32.2. The molecule has 0 aliphatic carbocycles. The van der Waals surface area contributed by atoms with Crippen LogP contribution in [0.2, 0.25) is 0 Å². The Balaban J connectivity index is 1.26. The van der Waals surface area contributed by atoms with Crippen LogP contribution in [0.4, 0.5) is 5.69 Å². The van der Waals surface area contributed by atoms with E-state index in [9.17, 15) is 13.2 Å². The molecule has 0 aliphatic rings. The SMILES string of the molecule is COc1ccc(COc2nc(S(C)(=O)=O)nc(OCc3ccc(OC)cc3)c2C(=O)Nc2ccc(-c3cn(Cc4ccc(OC)cc4)nn3)cc2)cc1. The van der Waals surface area contributed by atoms with Crippen molar-refractivity contribution in [2.24, 2.45) is 0 Å². The first-order chi connectivity index (χ1) is 25.6. The molecule has 4 aromatic carbocycles. The smallest absolute Gasteiger partial charge is 0.266 e. The molecule has 6 aromatic rings. The fourth-order valence-corrected chi connectivity index (χ4v) is 5.56. The number of rotatable bonds is 15. The quantitative estimate of drug-likeness (QED) is 0.130. The fourth-order valence-electron chi connectivity index (χ4n) is 5.06. The van der Waals surface area contributed by atoms with Gasteiger partial charge in [-0.1, -0.05) is 53.7 Å².